The third kappa shape index (κ3) is 1.53. The average Bonchev–Trinajstić information content (AvgIpc) is 2.90. The van der Waals surface area contributed by atoms with Crippen LogP contribution in [0.3, 0.4) is 0 Å². The van der Waals surface area contributed by atoms with E-state index >= 15 is 0 Å². The molecule has 1 aromatic carbocycles. The summed E-state index contributed by atoms with van der Waals surface area (Å²) in [6, 6.07) is 13.6. The Morgan fingerprint density at radius 3 is 2.58 bits per heavy atom. The molecular weight excluding hydrogens is 236 g/mol. The Bertz CT molecular complexity index is 706. The number of aromatic nitrogens is 1. The molecule has 1 aliphatic rings. The molecular formula is C16H14N2O. The van der Waals surface area contributed by atoms with Gasteiger partial charge in [0.05, 0.1) is 5.92 Å². The maximum Gasteiger partial charge on any atom is 0.172 e. The van der Waals surface area contributed by atoms with Gasteiger partial charge in [-0.05, 0) is 23.6 Å². The van der Waals surface area contributed by atoms with Gasteiger partial charge in [-0.3, -0.25) is 4.79 Å². The van der Waals surface area contributed by atoms with Crippen molar-refractivity contribution >= 4 is 5.78 Å². The van der Waals surface area contributed by atoms with Gasteiger partial charge in [0.2, 0.25) is 0 Å². The quantitative estimate of drug-likeness (QED) is 0.781. The van der Waals surface area contributed by atoms with Crippen LogP contribution in [0.5, 0.6) is 0 Å². The first-order chi connectivity index (χ1) is 9.15. The molecule has 3 heteroatoms. The topological polar surface area (TPSA) is 45.8 Å². The predicted octanol–water partition coefficient (Wildman–Crippen LogP) is 2.98. The summed E-state index contributed by atoms with van der Waals surface area (Å²) in [6.45, 7) is 2.08. The fourth-order valence-corrected chi connectivity index (χ4v) is 3.03. The number of carbonyl (C=O) groups is 1. The molecule has 1 heterocycles. The van der Waals surface area contributed by atoms with Crippen LogP contribution < -0.4 is 0 Å². The molecule has 0 amide bonds. The average molecular weight is 250 g/mol. The van der Waals surface area contributed by atoms with Gasteiger partial charge < -0.3 is 4.57 Å². The van der Waals surface area contributed by atoms with Crippen molar-refractivity contribution in [2.24, 2.45) is 7.05 Å². The smallest absolute Gasteiger partial charge is 0.172 e. The van der Waals surface area contributed by atoms with Crippen LogP contribution in [0, 0.1) is 11.3 Å². The fraction of sp³-hybridized carbons (Fsp3) is 0.250. The Morgan fingerprint density at radius 1 is 1.21 bits per heavy atom. The first-order valence-electron chi connectivity index (χ1n) is 6.34. The number of rotatable bonds is 1. The molecule has 1 aromatic heterocycles. The van der Waals surface area contributed by atoms with Crippen molar-refractivity contribution in [1.82, 2.24) is 4.57 Å². The van der Waals surface area contributed by atoms with Crippen LogP contribution in [0.4, 0.5) is 0 Å². The second kappa shape index (κ2) is 4.10. The highest BCUT2D eigenvalue weighted by Gasteiger charge is 2.39. The maximum atomic E-state index is 12.6. The van der Waals surface area contributed by atoms with E-state index in [1.54, 1.807) is 6.07 Å². The molecule has 19 heavy (non-hydrogen) atoms. The second-order valence-electron chi connectivity index (χ2n) is 5.03. The van der Waals surface area contributed by atoms with Gasteiger partial charge in [0, 0.05) is 18.3 Å². The lowest BCUT2D eigenvalue weighted by Gasteiger charge is -2.16. The van der Waals surface area contributed by atoms with E-state index < -0.39 is 0 Å². The standard InChI is InChI=1S/C16H14N2O/c1-10-12-5-3-4-6-13(12)16(19)15(10)14-8-7-11(9-17)18(14)2/h3-8,10,15H,1-2H3. The van der Waals surface area contributed by atoms with Crippen molar-refractivity contribution in [3.05, 3.63) is 58.9 Å². The molecule has 0 fully saturated rings. The Kier molecular flexibility index (Phi) is 2.53. The summed E-state index contributed by atoms with van der Waals surface area (Å²) in [4.78, 5) is 12.6. The number of hydrogen-bond acceptors (Lipinski definition) is 2. The van der Waals surface area contributed by atoms with Crippen LogP contribution in [-0.4, -0.2) is 10.4 Å². The van der Waals surface area contributed by atoms with Gasteiger partial charge in [0.1, 0.15) is 11.8 Å². The van der Waals surface area contributed by atoms with Gasteiger partial charge in [0.25, 0.3) is 0 Å². The summed E-state index contributed by atoms with van der Waals surface area (Å²) < 4.78 is 1.82. The number of fused-ring (bicyclic) bond motifs is 1. The van der Waals surface area contributed by atoms with E-state index in [2.05, 4.69) is 13.0 Å². The van der Waals surface area contributed by atoms with Crippen LogP contribution in [0.25, 0.3) is 0 Å². The summed E-state index contributed by atoms with van der Waals surface area (Å²) in [5, 5.41) is 9.02. The monoisotopic (exact) mass is 250 g/mol. The van der Waals surface area contributed by atoms with Crippen molar-refractivity contribution < 1.29 is 4.79 Å². The van der Waals surface area contributed by atoms with Crippen molar-refractivity contribution in [3.63, 3.8) is 0 Å². The van der Waals surface area contributed by atoms with E-state index in [0.29, 0.717) is 5.69 Å². The van der Waals surface area contributed by atoms with Crippen LogP contribution in [-0.2, 0) is 7.05 Å². The molecule has 2 atom stereocenters. The van der Waals surface area contributed by atoms with Crippen molar-refractivity contribution in [3.8, 4) is 6.07 Å². The molecule has 3 rings (SSSR count). The molecule has 0 N–H and O–H groups in total. The Hall–Kier alpha value is -2.34. The highest BCUT2D eigenvalue weighted by atomic mass is 16.1. The minimum atomic E-state index is -0.176. The lowest BCUT2D eigenvalue weighted by molar-refractivity contribution is 0.0963. The molecule has 0 saturated carbocycles. The highest BCUT2D eigenvalue weighted by Crippen LogP contribution is 2.43. The van der Waals surface area contributed by atoms with E-state index in [1.165, 1.54) is 0 Å². The third-order valence-corrected chi connectivity index (χ3v) is 4.09. The van der Waals surface area contributed by atoms with Gasteiger partial charge in [-0.15, -0.1) is 0 Å². The lowest BCUT2D eigenvalue weighted by Crippen LogP contribution is -2.14. The van der Waals surface area contributed by atoms with E-state index in [4.69, 9.17) is 5.26 Å². The van der Waals surface area contributed by atoms with Crippen molar-refractivity contribution in [1.29, 1.82) is 5.26 Å². The normalized spacial score (nSPS) is 21.2. The van der Waals surface area contributed by atoms with Crippen LogP contribution in [0.1, 0.15) is 46.1 Å². The first-order valence-corrected chi connectivity index (χ1v) is 6.34. The number of hydrogen-bond donors (Lipinski definition) is 0. The van der Waals surface area contributed by atoms with E-state index in [9.17, 15) is 4.79 Å². The summed E-state index contributed by atoms with van der Waals surface area (Å²) in [7, 11) is 1.84. The van der Waals surface area contributed by atoms with Gasteiger partial charge >= 0.3 is 0 Å². The number of benzene rings is 1. The maximum absolute atomic E-state index is 12.6. The molecule has 0 bridgehead atoms. The molecule has 1 aliphatic carbocycles. The van der Waals surface area contributed by atoms with Gasteiger partial charge in [0.15, 0.2) is 5.78 Å². The fourth-order valence-electron chi connectivity index (χ4n) is 3.03. The number of Topliss-reactive ketones (excluding diaryl/α,β-unsaturated/α-hetero) is 1. The number of nitriles is 1. The molecule has 2 unspecified atom stereocenters. The second-order valence-corrected chi connectivity index (χ2v) is 5.03. The van der Waals surface area contributed by atoms with Crippen LogP contribution in [0.15, 0.2) is 36.4 Å². The molecule has 0 saturated heterocycles. The van der Waals surface area contributed by atoms with E-state index in [0.717, 1.165) is 16.8 Å². The van der Waals surface area contributed by atoms with Gasteiger partial charge in [-0.25, -0.2) is 0 Å². The lowest BCUT2D eigenvalue weighted by atomic mass is 9.91. The number of nitrogens with zero attached hydrogens (tertiary/aromatic N) is 2. The van der Waals surface area contributed by atoms with Gasteiger partial charge in [-0.1, -0.05) is 31.2 Å². The molecule has 2 aromatic rings. The predicted molar refractivity (Wildman–Crippen MR) is 72.1 cm³/mol. The summed E-state index contributed by atoms with van der Waals surface area (Å²) >= 11 is 0. The minimum Gasteiger partial charge on any atom is -0.339 e. The van der Waals surface area contributed by atoms with E-state index in [1.807, 2.05) is 41.9 Å². The van der Waals surface area contributed by atoms with Crippen molar-refractivity contribution in [2.45, 2.75) is 18.8 Å². The van der Waals surface area contributed by atoms with Crippen molar-refractivity contribution in [2.75, 3.05) is 0 Å². The summed E-state index contributed by atoms with van der Waals surface area (Å²) in [6.07, 6.45) is 0. The highest BCUT2D eigenvalue weighted by molar-refractivity contribution is 6.06. The molecule has 3 nitrogen and oxygen atoms in total. The number of carbonyl (C=O) groups excluding carboxylic acids is 1. The van der Waals surface area contributed by atoms with Gasteiger partial charge in [-0.2, -0.15) is 5.26 Å². The number of ketones is 1. The molecule has 94 valence electrons. The zero-order chi connectivity index (χ0) is 13.6. The Labute approximate surface area is 112 Å². The largest absolute Gasteiger partial charge is 0.339 e. The summed E-state index contributed by atoms with van der Waals surface area (Å²) in [5.74, 6) is 0.141. The van der Waals surface area contributed by atoms with Crippen LogP contribution in [0.2, 0.25) is 0 Å². The zero-order valence-corrected chi connectivity index (χ0v) is 10.9. The summed E-state index contributed by atoms with van der Waals surface area (Å²) in [5.41, 5.74) is 3.44. The van der Waals surface area contributed by atoms with Crippen LogP contribution >= 0.6 is 0 Å². The third-order valence-electron chi connectivity index (χ3n) is 4.09. The first kappa shape index (κ1) is 11.7. The molecule has 0 aliphatic heterocycles. The molecule has 0 spiro atoms. The Balaban J connectivity index is 2.12. The SMILES string of the molecule is CC1c2ccccc2C(=O)C1c1ccc(C#N)n1C. The van der Waals surface area contributed by atoms with E-state index in [-0.39, 0.29) is 17.6 Å². The zero-order valence-electron chi connectivity index (χ0n) is 10.9. The molecule has 0 radical (unpaired) electrons. The Morgan fingerprint density at radius 2 is 1.95 bits per heavy atom. The minimum absolute atomic E-state index is 0.156.